The molecule has 0 saturated carbocycles. The fourth-order valence-corrected chi connectivity index (χ4v) is 5.94. The average Bonchev–Trinajstić information content (AvgIpc) is 3.44. The Morgan fingerprint density at radius 2 is 1.81 bits per heavy atom. The highest BCUT2D eigenvalue weighted by Crippen LogP contribution is 2.40. The molecule has 6 atom stereocenters. The molecule has 2 heterocycles. The predicted molar refractivity (Wildman–Crippen MR) is 150 cm³/mol. The lowest BCUT2D eigenvalue weighted by molar-refractivity contribution is -0.182. The minimum absolute atomic E-state index is 0.00214. The van der Waals surface area contributed by atoms with Crippen molar-refractivity contribution >= 4 is 35.5 Å². The monoisotopic (exact) mass is 600 g/mol. The number of benzene rings is 2. The van der Waals surface area contributed by atoms with Gasteiger partial charge < -0.3 is 34.1 Å². The van der Waals surface area contributed by atoms with Crippen molar-refractivity contribution in [3.8, 4) is 5.75 Å². The fraction of sp³-hybridized carbons (Fsp3) is 0.414. The second kappa shape index (κ2) is 14.5. The molecule has 2 aromatic rings. The number of likely N-dealkylation sites (tertiary alicyclic amines) is 1. The maximum absolute atomic E-state index is 13.2. The van der Waals surface area contributed by atoms with Crippen LogP contribution in [0, 0.1) is 0 Å². The van der Waals surface area contributed by atoms with E-state index < -0.39 is 53.7 Å². The Hall–Kier alpha value is -3.71. The van der Waals surface area contributed by atoms with Gasteiger partial charge in [-0.3, -0.25) is 14.5 Å². The Morgan fingerprint density at radius 1 is 1.10 bits per heavy atom. The molecular weight excluding hydrogens is 568 g/mol. The third kappa shape index (κ3) is 7.01. The van der Waals surface area contributed by atoms with Gasteiger partial charge in [0, 0.05) is 14.2 Å². The lowest BCUT2D eigenvalue weighted by Gasteiger charge is -2.48. The highest BCUT2D eigenvalue weighted by molar-refractivity contribution is 8.04. The summed E-state index contributed by atoms with van der Waals surface area (Å²) in [7, 11) is 4.45. The van der Waals surface area contributed by atoms with E-state index in [0.29, 0.717) is 11.3 Å². The molecular formula is C29H32N2O10S. The van der Waals surface area contributed by atoms with Gasteiger partial charge in [-0.25, -0.2) is 9.59 Å². The third-order valence-corrected chi connectivity index (χ3v) is 8.22. The summed E-state index contributed by atoms with van der Waals surface area (Å²) in [6.45, 7) is -0.0173. The SMILES string of the molecule is COc1ccc(COC(=O)C(O)N2C(=O)[C@@H](NC(=O)Cc3ccccc3)[C@H]2SC(=C=O)[C@H]2OC[C@H](OC)[C@H]2OC)cc1. The smallest absolute Gasteiger partial charge is 0.356 e. The number of carbonyl (C=O) groups excluding carboxylic acids is 4. The van der Waals surface area contributed by atoms with Crippen molar-refractivity contribution < 1.29 is 48.0 Å². The van der Waals surface area contributed by atoms with Gasteiger partial charge in [-0.2, -0.15) is 0 Å². The first-order valence-corrected chi connectivity index (χ1v) is 13.9. The van der Waals surface area contributed by atoms with E-state index in [1.54, 1.807) is 48.5 Å². The number of ether oxygens (including phenoxy) is 5. The Kier molecular flexibility index (Phi) is 10.7. The van der Waals surface area contributed by atoms with E-state index in [9.17, 15) is 24.3 Å². The zero-order chi connectivity index (χ0) is 30.2. The lowest BCUT2D eigenvalue weighted by Crippen LogP contribution is -2.73. The third-order valence-electron chi connectivity index (χ3n) is 6.90. The van der Waals surface area contributed by atoms with Crippen molar-refractivity contribution in [2.75, 3.05) is 27.9 Å². The second-order valence-electron chi connectivity index (χ2n) is 9.49. The summed E-state index contributed by atoms with van der Waals surface area (Å²) in [5, 5.41) is 12.5. The summed E-state index contributed by atoms with van der Waals surface area (Å²) in [5.74, 6) is 0.196. The average molecular weight is 601 g/mol. The number of aliphatic hydroxyl groups excluding tert-OH is 1. The molecule has 13 heteroatoms. The van der Waals surface area contributed by atoms with E-state index in [4.69, 9.17) is 23.7 Å². The van der Waals surface area contributed by atoms with Crippen LogP contribution in [0.5, 0.6) is 5.75 Å². The van der Waals surface area contributed by atoms with Gasteiger partial charge >= 0.3 is 5.97 Å². The highest BCUT2D eigenvalue weighted by Gasteiger charge is 2.55. The predicted octanol–water partition coefficient (Wildman–Crippen LogP) is 0.830. The molecule has 1 unspecified atom stereocenters. The van der Waals surface area contributed by atoms with Crippen molar-refractivity contribution in [2.24, 2.45) is 0 Å². The number of amides is 2. The Bertz CT molecular complexity index is 1300. The number of β-lactam (4-membered cyclic amide) rings is 1. The van der Waals surface area contributed by atoms with E-state index in [1.165, 1.54) is 21.3 Å². The number of thioether (sulfide) groups is 1. The standard InChI is InChI=1S/C29H32N2O10S/c1-37-19-11-9-18(10-12-19)15-41-29(36)27(35)31-26(34)23(30-22(33)13-17-7-5-4-6-8-17)28(31)42-21(14-32)25-24(39-3)20(38-2)16-40-25/h4-12,20,23-25,27-28,35H,13,15-16H2,1-3H3,(H,30,33)/t20-,23+,24+,25+,27?,28+/m0/s1. The van der Waals surface area contributed by atoms with Gasteiger partial charge in [-0.15, -0.1) is 0 Å². The van der Waals surface area contributed by atoms with Crippen molar-refractivity contribution in [1.29, 1.82) is 0 Å². The summed E-state index contributed by atoms with van der Waals surface area (Å²) >= 11 is 0.834. The number of hydrogen-bond acceptors (Lipinski definition) is 11. The van der Waals surface area contributed by atoms with Crippen molar-refractivity contribution in [3.63, 3.8) is 0 Å². The molecule has 2 N–H and O–H groups in total. The van der Waals surface area contributed by atoms with Crippen molar-refractivity contribution in [2.45, 2.75) is 49.0 Å². The Labute approximate surface area is 246 Å². The summed E-state index contributed by atoms with van der Waals surface area (Å²) in [6, 6.07) is 14.5. The first-order valence-electron chi connectivity index (χ1n) is 13.0. The fourth-order valence-electron chi connectivity index (χ4n) is 4.64. The van der Waals surface area contributed by atoms with Crippen molar-refractivity contribution in [1.82, 2.24) is 10.2 Å². The van der Waals surface area contributed by atoms with Gasteiger partial charge in [0.1, 0.15) is 52.9 Å². The number of nitrogens with zero attached hydrogens (tertiary/aromatic N) is 1. The molecule has 2 fully saturated rings. The molecule has 2 saturated heterocycles. The topological polar surface area (TPSA) is 150 Å². The van der Waals surface area contributed by atoms with E-state index >= 15 is 0 Å². The maximum atomic E-state index is 13.2. The van der Waals surface area contributed by atoms with Gasteiger partial charge in [0.15, 0.2) is 0 Å². The molecule has 2 aromatic carbocycles. The summed E-state index contributed by atoms with van der Waals surface area (Å²) in [6.07, 6.45) is -3.98. The van der Waals surface area contributed by atoms with Gasteiger partial charge in [0.25, 0.3) is 5.91 Å². The molecule has 0 spiro atoms. The number of esters is 1. The summed E-state index contributed by atoms with van der Waals surface area (Å²) in [5.41, 5.74) is 1.36. The first kappa shape index (κ1) is 31.2. The number of rotatable bonds is 13. The van der Waals surface area contributed by atoms with Gasteiger partial charge in [-0.1, -0.05) is 54.2 Å². The van der Waals surface area contributed by atoms with E-state index in [2.05, 4.69) is 5.32 Å². The highest BCUT2D eigenvalue weighted by atomic mass is 32.2. The molecule has 4 rings (SSSR count). The van der Waals surface area contributed by atoms with Crippen LogP contribution in [0.3, 0.4) is 0 Å². The first-order chi connectivity index (χ1) is 20.3. The normalized spacial score (nSPS) is 23.9. The van der Waals surface area contributed by atoms with Crippen LogP contribution in [-0.4, -0.2) is 97.6 Å². The van der Waals surface area contributed by atoms with E-state index in [1.807, 2.05) is 12.0 Å². The van der Waals surface area contributed by atoms with Crippen LogP contribution in [0.25, 0.3) is 0 Å². The minimum Gasteiger partial charge on any atom is -0.497 e. The van der Waals surface area contributed by atoms with Crippen LogP contribution in [-0.2, 0) is 51.2 Å². The molecule has 0 aliphatic carbocycles. The molecule has 42 heavy (non-hydrogen) atoms. The summed E-state index contributed by atoms with van der Waals surface area (Å²) in [4.78, 5) is 51.8. The zero-order valence-electron chi connectivity index (χ0n) is 23.3. The molecule has 0 radical (unpaired) electrons. The molecule has 0 aromatic heterocycles. The Morgan fingerprint density at radius 3 is 2.43 bits per heavy atom. The van der Waals surface area contributed by atoms with Crippen LogP contribution in [0.1, 0.15) is 11.1 Å². The largest absolute Gasteiger partial charge is 0.497 e. The van der Waals surface area contributed by atoms with E-state index in [-0.39, 0.29) is 24.5 Å². The minimum atomic E-state index is -2.00. The maximum Gasteiger partial charge on any atom is 0.356 e. The number of carbonyl (C=O) groups is 3. The quantitative estimate of drug-likeness (QED) is 0.191. The van der Waals surface area contributed by atoms with Crippen LogP contribution in [0.4, 0.5) is 0 Å². The summed E-state index contributed by atoms with van der Waals surface area (Å²) < 4.78 is 26.9. The van der Waals surface area contributed by atoms with Crippen LogP contribution in [0.2, 0.25) is 0 Å². The molecule has 224 valence electrons. The number of nitrogens with one attached hydrogen (secondary N) is 1. The number of methoxy groups -OCH3 is 3. The van der Waals surface area contributed by atoms with Gasteiger partial charge in [0.2, 0.25) is 12.1 Å². The van der Waals surface area contributed by atoms with E-state index in [0.717, 1.165) is 22.2 Å². The van der Waals surface area contributed by atoms with Gasteiger partial charge in [0.05, 0.1) is 20.1 Å². The van der Waals surface area contributed by atoms with Gasteiger partial charge in [-0.05, 0) is 23.3 Å². The van der Waals surface area contributed by atoms with Crippen LogP contribution in [0.15, 0.2) is 59.5 Å². The zero-order valence-corrected chi connectivity index (χ0v) is 24.1. The molecule has 12 nitrogen and oxygen atoms in total. The second-order valence-corrected chi connectivity index (χ2v) is 10.6. The van der Waals surface area contributed by atoms with Crippen LogP contribution < -0.4 is 10.1 Å². The molecule has 2 aliphatic heterocycles. The Balaban J connectivity index is 1.49. The lowest BCUT2D eigenvalue weighted by atomic mass is 10.1. The van der Waals surface area contributed by atoms with Crippen molar-refractivity contribution in [3.05, 3.63) is 70.6 Å². The molecule has 0 bridgehead atoms. The number of aliphatic hydroxyl groups is 1. The number of hydrogen-bond donors (Lipinski definition) is 2. The molecule has 2 amide bonds. The van der Waals surface area contributed by atoms with Crippen LogP contribution >= 0.6 is 11.8 Å². The molecule has 2 aliphatic rings.